The van der Waals surface area contributed by atoms with E-state index in [4.69, 9.17) is 0 Å². The Morgan fingerprint density at radius 3 is 2.44 bits per heavy atom. The van der Waals surface area contributed by atoms with Crippen LogP contribution in [0, 0.1) is 5.92 Å². The molecule has 16 heavy (non-hydrogen) atoms. The molecule has 81 valence electrons. The third-order valence-electron chi connectivity index (χ3n) is 2.23. The molecule has 0 fully saturated rings. The van der Waals surface area contributed by atoms with Gasteiger partial charge in [-0.3, -0.25) is 0 Å². The minimum Gasteiger partial charge on any atom is -0.0991 e. The summed E-state index contributed by atoms with van der Waals surface area (Å²) in [6.45, 7) is 14.1. The zero-order valence-corrected chi connectivity index (χ0v) is 10.7. The second-order valence-electron chi connectivity index (χ2n) is 3.87. The summed E-state index contributed by atoms with van der Waals surface area (Å²) in [6.07, 6.45) is 8.81. The molecule has 0 aromatic rings. The molecule has 0 heterocycles. The van der Waals surface area contributed by atoms with E-state index in [1.165, 1.54) is 11.0 Å². The Kier molecular flexibility index (Phi) is 8.89. The second-order valence-corrected chi connectivity index (χ2v) is 3.87. The van der Waals surface area contributed by atoms with E-state index in [9.17, 15) is 0 Å². The lowest BCUT2D eigenvalue weighted by molar-refractivity contribution is 0.790. The maximum absolute atomic E-state index is 3.88. The fraction of sp³-hybridized carbons (Fsp3) is 0.385. The van der Waals surface area contributed by atoms with E-state index < -0.39 is 0 Å². The predicted molar refractivity (Wildman–Crippen MR) is 79.1 cm³/mol. The third-order valence-corrected chi connectivity index (χ3v) is 2.23. The molecule has 0 aliphatic heterocycles. The number of allylic oxidation sites excluding steroid dienone is 6. The van der Waals surface area contributed by atoms with Crippen molar-refractivity contribution < 1.29 is 0 Å². The van der Waals surface area contributed by atoms with E-state index >= 15 is 0 Å². The summed E-state index contributed by atoms with van der Waals surface area (Å²) >= 11 is 0. The van der Waals surface area contributed by atoms with Gasteiger partial charge in [-0.25, -0.2) is 0 Å². The van der Waals surface area contributed by atoms with E-state index in [1.807, 2.05) is 12.2 Å². The highest BCUT2D eigenvalue weighted by molar-refractivity contribution is 7.31. The zero-order valence-electron chi connectivity index (χ0n) is 10.7. The van der Waals surface area contributed by atoms with Gasteiger partial charge in [0.05, 0.1) is 14.3 Å². The van der Waals surface area contributed by atoms with Crippen molar-refractivity contribution in [3.63, 3.8) is 0 Å². The van der Waals surface area contributed by atoms with Crippen LogP contribution in [0.2, 0.25) is 6.32 Å². The van der Waals surface area contributed by atoms with E-state index in [-0.39, 0.29) is 0 Å². The molecule has 3 radical (unpaired) electrons. The van der Waals surface area contributed by atoms with Crippen LogP contribution in [-0.2, 0) is 0 Å². The van der Waals surface area contributed by atoms with Gasteiger partial charge in [0.2, 0.25) is 0 Å². The van der Waals surface area contributed by atoms with Crippen LogP contribution in [0.4, 0.5) is 0 Å². The Hall–Kier alpha value is -0.845. The second kappa shape index (κ2) is 9.39. The summed E-state index contributed by atoms with van der Waals surface area (Å²) in [4.78, 5) is 0. The van der Waals surface area contributed by atoms with Gasteiger partial charge in [-0.2, -0.15) is 0 Å². The first-order valence-corrected chi connectivity index (χ1v) is 5.82. The molecule has 0 aliphatic carbocycles. The third kappa shape index (κ3) is 5.90. The lowest BCUT2D eigenvalue weighted by Gasteiger charge is -2.12. The van der Waals surface area contributed by atoms with Gasteiger partial charge in [-0.1, -0.05) is 75.6 Å². The van der Waals surface area contributed by atoms with Gasteiger partial charge >= 0.3 is 0 Å². The normalized spacial score (nSPS) is 12.2. The molecule has 0 saturated heterocycles. The van der Waals surface area contributed by atoms with Gasteiger partial charge in [0.15, 0.2) is 0 Å². The summed E-state index contributed by atoms with van der Waals surface area (Å²) in [5.41, 5.74) is 2.47. The Morgan fingerprint density at radius 2 is 2.00 bits per heavy atom. The Labute approximate surface area is 103 Å². The SMILES string of the molecule is C=C/C=C\C([B][B][B]CC)=C(/C=C)C(C)C. The molecule has 3 heteroatoms. The van der Waals surface area contributed by atoms with Crippen molar-refractivity contribution in [2.75, 3.05) is 0 Å². The van der Waals surface area contributed by atoms with Crippen LogP contribution in [0.15, 0.2) is 48.5 Å². The van der Waals surface area contributed by atoms with Crippen molar-refractivity contribution in [3.8, 4) is 0 Å². The Balaban J connectivity index is 4.80. The van der Waals surface area contributed by atoms with Gasteiger partial charge in [0.1, 0.15) is 0 Å². The summed E-state index contributed by atoms with van der Waals surface area (Å²) in [7, 11) is 6.36. The zero-order chi connectivity index (χ0) is 12.4. The van der Waals surface area contributed by atoms with Crippen molar-refractivity contribution >= 4 is 21.4 Å². The lowest BCUT2D eigenvalue weighted by Crippen LogP contribution is -2.15. The molecule has 0 unspecified atom stereocenters. The lowest BCUT2D eigenvalue weighted by atomic mass is 9.17. The molecular weight excluding hydrogens is 189 g/mol. The molecule has 0 aliphatic rings. The monoisotopic (exact) mass is 209 g/mol. The highest BCUT2D eigenvalue weighted by Gasteiger charge is 2.06. The van der Waals surface area contributed by atoms with Crippen molar-refractivity contribution in [2.24, 2.45) is 5.92 Å². The molecular formula is C13H20B3. The van der Waals surface area contributed by atoms with Crippen molar-refractivity contribution in [3.05, 3.63) is 48.5 Å². The Bertz CT molecular complexity index is 275. The van der Waals surface area contributed by atoms with Crippen LogP contribution in [0.3, 0.4) is 0 Å². The summed E-state index contributed by atoms with van der Waals surface area (Å²) in [5.74, 6) is 0.480. The van der Waals surface area contributed by atoms with Gasteiger partial charge < -0.3 is 0 Å². The highest BCUT2D eigenvalue weighted by atomic mass is 14.0. The minimum absolute atomic E-state index is 0.480. The highest BCUT2D eigenvalue weighted by Crippen LogP contribution is 2.16. The topological polar surface area (TPSA) is 0 Å². The number of rotatable bonds is 8. The van der Waals surface area contributed by atoms with Crippen molar-refractivity contribution in [1.82, 2.24) is 0 Å². The smallest absolute Gasteiger partial charge is 0.0968 e. The fourth-order valence-corrected chi connectivity index (χ4v) is 1.41. The largest absolute Gasteiger partial charge is 0.0991 e. The van der Waals surface area contributed by atoms with Crippen molar-refractivity contribution in [1.29, 1.82) is 0 Å². The van der Waals surface area contributed by atoms with E-state index in [1.54, 1.807) is 6.08 Å². The maximum Gasteiger partial charge on any atom is 0.0968 e. The average molecular weight is 209 g/mol. The van der Waals surface area contributed by atoms with E-state index in [2.05, 4.69) is 61.4 Å². The predicted octanol–water partition coefficient (Wildman–Crippen LogP) is 3.21. The van der Waals surface area contributed by atoms with Crippen LogP contribution < -0.4 is 0 Å². The number of hydrogen-bond acceptors (Lipinski definition) is 0. The first-order valence-electron chi connectivity index (χ1n) is 5.82. The van der Waals surface area contributed by atoms with Gasteiger partial charge in [0, 0.05) is 7.06 Å². The quantitative estimate of drug-likeness (QED) is 0.327. The van der Waals surface area contributed by atoms with Crippen LogP contribution >= 0.6 is 0 Å². The minimum atomic E-state index is 0.480. The molecule has 0 saturated carbocycles. The van der Waals surface area contributed by atoms with Crippen LogP contribution in [0.1, 0.15) is 20.8 Å². The summed E-state index contributed by atoms with van der Waals surface area (Å²) in [5, 5.41) is 0. The average Bonchev–Trinajstić information content (AvgIpc) is 2.25. The maximum atomic E-state index is 3.88. The first kappa shape index (κ1) is 15.2. The molecule has 0 aromatic carbocycles. The van der Waals surface area contributed by atoms with Crippen LogP contribution in [0.25, 0.3) is 0 Å². The standard InChI is InChI=1S/C13H20B3/c1-6-9-10-13(15-16-14-8-3)12(7-2)11(4)5/h6-7,9-11H,1-2,8H2,3-5H3/b10-9-,13-12-. The van der Waals surface area contributed by atoms with Gasteiger partial charge in [-0.05, 0) is 5.92 Å². The van der Waals surface area contributed by atoms with Gasteiger partial charge in [0.25, 0.3) is 0 Å². The first-order chi connectivity index (χ1) is 7.67. The summed E-state index contributed by atoms with van der Waals surface area (Å²) in [6, 6.07) is 0. The molecule has 0 N–H and O–H groups in total. The van der Waals surface area contributed by atoms with Crippen molar-refractivity contribution in [2.45, 2.75) is 27.1 Å². The summed E-state index contributed by atoms with van der Waals surface area (Å²) < 4.78 is 0. The molecule has 0 spiro atoms. The molecule has 0 nitrogen and oxygen atoms in total. The molecule has 0 rings (SSSR count). The van der Waals surface area contributed by atoms with Gasteiger partial charge in [-0.15, -0.1) is 0 Å². The van der Waals surface area contributed by atoms with Crippen LogP contribution in [-0.4, -0.2) is 21.4 Å². The van der Waals surface area contributed by atoms with E-state index in [0.717, 1.165) is 6.32 Å². The van der Waals surface area contributed by atoms with E-state index in [0.29, 0.717) is 5.92 Å². The van der Waals surface area contributed by atoms with Crippen LogP contribution in [0.5, 0.6) is 0 Å². The number of hydrogen-bond donors (Lipinski definition) is 0. The molecule has 0 bridgehead atoms. The Morgan fingerprint density at radius 1 is 1.31 bits per heavy atom. The molecule has 0 atom stereocenters. The molecule has 0 amide bonds. The molecule has 0 aromatic heterocycles. The fourth-order valence-electron chi connectivity index (χ4n) is 1.41.